The minimum Gasteiger partial charge on any atom is -0.391 e. The van der Waals surface area contributed by atoms with E-state index in [0.29, 0.717) is 18.6 Å². The summed E-state index contributed by atoms with van der Waals surface area (Å²) in [5, 5.41) is 52.0. The van der Waals surface area contributed by atoms with Crippen molar-refractivity contribution < 1.29 is 58.5 Å². The number of aliphatic hydroxyl groups is 4. The fourth-order valence-electron chi connectivity index (χ4n) is 9.99. The Morgan fingerprint density at radius 3 is 2.13 bits per heavy atom. The van der Waals surface area contributed by atoms with E-state index in [1.165, 1.54) is 7.11 Å². The second-order valence-electron chi connectivity index (χ2n) is 19.1. The molecule has 1 aromatic rings. The second-order valence-corrected chi connectivity index (χ2v) is 19.9. The van der Waals surface area contributed by atoms with E-state index in [2.05, 4.69) is 15.9 Å². The maximum Gasteiger partial charge on any atom is 0.185 e. The number of carbonyl (C=O) groups excluding carboxylic acids is 1. The van der Waals surface area contributed by atoms with E-state index in [9.17, 15) is 25.2 Å². The molecule has 0 bridgehead atoms. The number of hydrogen-bond acceptors (Lipinski definition) is 14. The van der Waals surface area contributed by atoms with E-state index >= 15 is 0 Å². The fraction of sp³-hybridized carbons (Fsp3) is 0.826. The van der Waals surface area contributed by atoms with Gasteiger partial charge in [0.25, 0.3) is 0 Å². The number of ether oxygens (including phenoxy) is 6. The molecule has 14 nitrogen and oxygen atoms in total. The van der Waals surface area contributed by atoms with Crippen LogP contribution in [0, 0.1) is 29.6 Å². The molecule has 1 aliphatic carbocycles. The third kappa shape index (κ3) is 11.8. The molecule has 18 atom stereocenters. The lowest BCUT2D eigenvalue weighted by molar-refractivity contribution is -0.318. The molecular weight excluding hydrogens is 852 g/mol. The van der Waals surface area contributed by atoms with Gasteiger partial charge in [0.05, 0.1) is 53.0 Å². The van der Waals surface area contributed by atoms with Gasteiger partial charge >= 0.3 is 0 Å². The summed E-state index contributed by atoms with van der Waals surface area (Å²) in [5.41, 5.74) is -2.52. The van der Waals surface area contributed by atoms with Crippen LogP contribution in [-0.2, 0) is 44.7 Å². The van der Waals surface area contributed by atoms with Crippen LogP contribution < -0.4 is 0 Å². The maximum atomic E-state index is 14.7. The zero-order valence-electron chi connectivity index (χ0n) is 39.0. The smallest absolute Gasteiger partial charge is 0.185 e. The van der Waals surface area contributed by atoms with Gasteiger partial charge in [-0.2, -0.15) is 0 Å². The van der Waals surface area contributed by atoms with Crippen molar-refractivity contribution in [1.82, 2.24) is 4.90 Å². The van der Waals surface area contributed by atoms with Crippen molar-refractivity contribution in [2.45, 2.75) is 186 Å². The Morgan fingerprint density at radius 1 is 0.902 bits per heavy atom. The molecule has 4 N–H and O–H groups in total. The molecule has 0 spiro atoms. The zero-order valence-corrected chi connectivity index (χ0v) is 40.6. The van der Waals surface area contributed by atoms with Crippen molar-refractivity contribution in [1.29, 1.82) is 0 Å². The van der Waals surface area contributed by atoms with Crippen LogP contribution in [0.5, 0.6) is 0 Å². The molecular formula is C46H77BrN2O12. The van der Waals surface area contributed by atoms with Crippen molar-refractivity contribution >= 4 is 27.4 Å². The summed E-state index contributed by atoms with van der Waals surface area (Å²) < 4.78 is 39.8. The fourth-order valence-corrected chi connectivity index (χ4v) is 10.4. The first-order chi connectivity index (χ1) is 28.5. The number of hydrogen-bond donors (Lipinski definition) is 4. The van der Waals surface area contributed by atoms with Crippen molar-refractivity contribution in [3.63, 3.8) is 0 Å². The number of aliphatic hydroxyl groups excluding tert-OH is 3. The quantitative estimate of drug-likeness (QED) is 0.194. The highest BCUT2D eigenvalue weighted by Crippen LogP contribution is 2.43. The number of nitrogens with zero attached hydrogens (tertiary/aromatic N) is 2. The van der Waals surface area contributed by atoms with Crippen LogP contribution in [0.25, 0.3) is 0 Å². The van der Waals surface area contributed by atoms with Crippen LogP contribution >= 0.6 is 15.9 Å². The van der Waals surface area contributed by atoms with Gasteiger partial charge in [0.15, 0.2) is 12.6 Å². The topological polar surface area (TPSA) is 178 Å². The van der Waals surface area contributed by atoms with Crippen molar-refractivity contribution in [3.8, 4) is 0 Å². The van der Waals surface area contributed by atoms with Crippen molar-refractivity contribution in [3.05, 3.63) is 34.3 Å². The zero-order chi connectivity index (χ0) is 45.8. The Balaban J connectivity index is 1.90. The van der Waals surface area contributed by atoms with Gasteiger partial charge in [0.2, 0.25) is 0 Å². The molecule has 15 heteroatoms. The lowest BCUT2D eigenvalue weighted by Gasteiger charge is -2.50. The molecule has 0 aromatic heterocycles. The lowest BCUT2D eigenvalue weighted by Crippen LogP contribution is -2.61. The Bertz CT molecular complexity index is 1600. The predicted molar refractivity (Wildman–Crippen MR) is 236 cm³/mol. The van der Waals surface area contributed by atoms with Crippen molar-refractivity contribution in [2.24, 2.45) is 34.7 Å². The van der Waals surface area contributed by atoms with Gasteiger partial charge in [-0.3, -0.25) is 4.79 Å². The van der Waals surface area contributed by atoms with E-state index in [-0.39, 0.29) is 43.8 Å². The lowest BCUT2D eigenvalue weighted by atomic mass is 9.69. The van der Waals surface area contributed by atoms with Crippen LogP contribution in [-0.4, -0.2) is 143 Å². The minimum atomic E-state index is -1.71. The van der Waals surface area contributed by atoms with E-state index in [4.69, 9.17) is 38.4 Å². The van der Waals surface area contributed by atoms with Gasteiger partial charge in [0.1, 0.15) is 24.6 Å². The molecule has 0 unspecified atom stereocenters. The van der Waals surface area contributed by atoms with E-state index in [0.717, 1.165) is 10.0 Å². The molecule has 1 aromatic carbocycles. The Labute approximate surface area is 373 Å². The minimum absolute atomic E-state index is 0.0580. The van der Waals surface area contributed by atoms with Crippen molar-refractivity contribution in [2.75, 3.05) is 28.3 Å². The molecule has 2 aliphatic heterocycles. The van der Waals surface area contributed by atoms with Gasteiger partial charge in [-0.1, -0.05) is 80.3 Å². The number of Topliss-reactive ketones (excluding diaryl/α,β-unsaturated/α-hetero) is 1. The number of oxime groups is 1. The summed E-state index contributed by atoms with van der Waals surface area (Å²) in [6, 6.07) is 7.41. The van der Waals surface area contributed by atoms with Crippen LogP contribution in [0.4, 0.5) is 0 Å². The van der Waals surface area contributed by atoms with Gasteiger partial charge < -0.3 is 58.6 Å². The molecule has 4 rings (SSSR count). The largest absolute Gasteiger partial charge is 0.391 e. The molecule has 3 fully saturated rings. The first kappa shape index (κ1) is 52.0. The van der Waals surface area contributed by atoms with Crippen LogP contribution in [0.2, 0.25) is 0 Å². The normalized spacial score (nSPS) is 44.2. The summed E-state index contributed by atoms with van der Waals surface area (Å²) in [6.45, 7) is 18.6. The SMILES string of the molecule is CC[C@H]1CC(=O)[C@H](C)[C@@H](O[C@H]2C[C@@](C)(OC)[C@@H](O)[C@H](C)O2)[C@H](C)[C@@H](O[C@@H]2O[C@H](C)C[C@H](N(C)C)[C@H]2O)[C@](C)(OC)C[C@@H](C)/C(=N\OCc2ccccc2Br)[C@H](C)[C@@H](O)[C@]1(C)O. The Kier molecular flexibility index (Phi) is 18.4. The van der Waals surface area contributed by atoms with Gasteiger partial charge in [-0.25, -0.2) is 0 Å². The summed E-state index contributed by atoms with van der Waals surface area (Å²) in [6.07, 6.45) is -6.54. The Morgan fingerprint density at radius 2 is 1.54 bits per heavy atom. The monoisotopic (exact) mass is 928 g/mol. The molecule has 2 saturated heterocycles. The van der Waals surface area contributed by atoms with Gasteiger partial charge in [-0.15, -0.1) is 0 Å². The summed E-state index contributed by atoms with van der Waals surface area (Å²) in [4.78, 5) is 22.7. The summed E-state index contributed by atoms with van der Waals surface area (Å²) in [5.74, 6) is -3.38. The number of ketones is 1. The average Bonchev–Trinajstić information content (AvgIpc) is 3.21. The second kappa shape index (κ2) is 21.6. The number of benzene rings is 1. The molecule has 1 saturated carbocycles. The number of likely N-dealkylation sites (N-methyl/N-ethyl adjacent to an activating group) is 1. The molecule has 2 heterocycles. The molecule has 350 valence electrons. The molecule has 3 aliphatic rings. The van der Waals surface area contributed by atoms with E-state index in [1.807, 2.05) is 84.8 Å². The van der Waals surface area contributed by atoms with E-state index in [1.54, 1.807) is 34.8 Å². The molecule has 61 heavy (non-hydrogen) atoms. The highest BCUT2D eigenvalue weighted by molar-refractivity contribution is 9.10. The third-order valence-electron chi connectivity index (χ3n) is 14.3. The van der Waals surface area contributed by atoms with Gasteiger partial charge in [0, 0.05) is 66.8 Å². The third-order valence-corrected chi connectivity index (χ3v) is 15.0. The predicted octanol–water partition coefficient (Wildman–Crippen LogP) is 5.87. The summed E-state index contributed by atoms with van der Waals surface area (Å²) in [7, 11) is 6.96. The van der Waals surface area contributed by atoms with Crippen LogP contribution in [0.3, 0.4) is 0 Å². The van der Waals surface area contributed by atoms with Crippen LogP contribution in [0.15, 0.2) is 33.9 Å². The highest BCUT2D eigenvalue weighted by atomic mass is 79.9. The van der Waals surface area contributed by atoms with Crippen LogP contribution in [0.1, 0.15) is 107 Å². The van der Waals surface area contributed by atoms with E-state index < -0.39 is 95.6 Å². The number of halogens is 1. The maximum absolute atomic E-state index is 14.7. The Hall–Kier alpha value is -1.60. The number of carbonyl (C=O) groups is 1. The first-order valence-corrected chi connectivity index (χ1v) is 22.9. The molecule has 0 amide bonds. The number of methoxy groups -OCH3 is 2. The summed E-state index contributed by atoms with van der Waals surface area (Å²) >= 11 is 3.59. The first-order valence-electron chi connectivity index (χ1n) is 22.1. The number of rotatable bonds is 11. The standard InChI is InChI=1S/C46H77BrN2O12/c1-15-32-21-35(50)27(4)39(60-36-23-44(8,55-13)41(53)30(7)59-36)29(6)42(61-43-38(51)34(49(11)12)20-26(3)58-43)45(9,56-14)22-25(2)37(28(5)40(52)46(32,10)54)48-57-24-31-18-16-17-19-33(31)47/h16-19,25-30,32,34,36,38-43,51-54H,15,20-24H2,1-14H3/b48-37+/t25-,26-,27+,28+,29+,30+,32+,34+,36+,38-,39-,40-,41+,42-,43+,44-,45-,46-/m1/s1. The van der Waals surface area contributed by atoms with Gasteiger partial charge in [-0.05, 0) is 73.5 Å². The average molecular weight is 930 g/mol. The molecule has 0 radical (unpaired) electrons. The highest BCUT2D eigenvalue weighted by Gasteiger charge is 2.53.